The SMILES string of the molecule is C[C@H](Nc1ncnc2[nH]ccc(=O)c12)c1c(Cl)c2cccc(-c3ccc(-c4ccccc4)cc3)c2c(=O)n1-c1ccccc1. The lowest BCUT2D eigenvalue weighted by atomic mass is 9.96. The quantitative estimate of drug-likeness (QED) is 0.205. The number of fused-ring (bicyclic) bond motifs is 2. The normalized spacial score (nSPS) is 12.0. The first-order valence-electron chi connectivity index (χ1n) is 14.2. The van der Waals surface area contributed by atoms with Gasteiger partial charge in [0.05, 0.1) is 22.1 Å². The highest BCUT2D eigenvalue weighted by molar-refractivity contribution is 6.36. The third kappa shape index (κ3) is 4.73. The van der Waals surface area contributed by atoms with Gasteiger partial charge >= 0.3 is 0 Å². The summed E-state index contributed by atoms with van der Waals surface area (Å²) < 4.78 is 1.65. The molecular weight excluding hydrogens is 570 g/mol. The molecule has 0 saturated heterocycles. The molecule has 7 nitrogen and oxygen atoms in total. The summed E-state index contributed by atoms with van der Waals surface area (Å²) in [5, 5.41) is 5.26. The summed E-state index contributed by atoms with van der Waals surface area (Å²) in [4.78, 5) is 38.9. The summed E-state index contributed by atoms with van der Waals surface area (Å²) in [6.45, 7) is 1.89. The molecule has 0 saturated carbocycles. The van der Waals surface area contributed by atoms with E-state index in [0.29, 0.717) is 44.0 Å². The number of aromatic nitrogens is 4. The van der Waals surface area contributed by atoms with Crippen molar-refractivity contribution in [2.75, 3.05) is 5.32 Å². The molecule has 8 heteroatoms. The maximum atomic E-state index is 14.6. The van der Waals surface area contributed by atoms with Crippen molar-refractivity contribution in [1.29, 1.82) is 0 Å². The lowest BCUT2D eigenvalue weighted by molar-refractivity contribution is 0.774. The Bertz CT molecular complexity index is 2260. The molecule has 4 aromatic carbocycles. The first-order valence-corrected chi connectivity index (χ1v) is 14.6. The van der Waals surface area contributed by atoms with E-state index in [2.05, 4.69) is 44.5 Å². The van der Waals surface area contributed by atoms with Crippen molar-refractivity contribution in [3.05, 3.63) is 153 Å². The van der Waals surface area contributed by atoms with Crippen LogP contribution in [0.1, 0.15) is 18.7 Å². The van der Waals surface area contributed by atoms with Gasteiger partial charge in [-0.3, -0.25) is 14.2 Å². The second-order valence-electron chi connectivity index (χ2n) is 10.5. The molecule has 2 N–H and O–H groups in total. The molecular formula is C36H26ClN5O2. The molecule has 0 spiro atoms. The number of hydrogen-bond donors (Lipinski definition) is 2. The molecule has 214 valence electrons. The molecule has 0 aliphatic rings. The number of nitrogens with one attached hydrogen (secondary N) is 2. The summed E-state index contributed by atoms with van der Waals surface area (Å²) in [6, 6.07) is 34.4. The Hall–Kier alpha value is -5.53. The minimum atomic E-state index is -0.522. The number of H-pyrrole nitrogens is 1. The highest BCUT2D eigenvalue weighted by Gasteiger charge is 2.24. The second-order valence-corrected chi connectivity index (χ2v) is 10.9. The summed E-state index contributed by atoms with van der Waals surface area (Å²) in [7, 11) is 0. The Balaban J connectivity index is 1.42. The van der Waals surface area contributed by atoms with Crippen molar-refractivity contribution in [2.24, 2.45) is 0 Å². The third-order valence-electron chi connectivity index (χ3n) is 7.81. The zero-order valence-corrected chi connectivity index (χ0v) is 24.4. The van der Waals surface area contributed by atoms with Crippen LogP contribution in [0, 0.1) is 0 Å². The maximum Gasteiger partial charge on any atom is 0.263 e. The first-order chi connectivity index (χ1) is 21.5. The molecule has 3 aromatic heterocycles. The Labute approximate surface area is 257 Å². The van der Waals surface area contributed by atoms with Gasteiger partial charge in [0, 0.05) is 23.3 Å². The fourth-order valence-electron chi connectivity index (χ4n) is 5.74. The topological polar surface area (TPSA) is 92.7 Å². The molecule has 7 aromatic rings. The van der Waals surface area contributed by atoms with Gasteiger partial charge in [-0.1, -0.05) is 103 Å². The van der Waals surface area contributed by atoms with E-state index in [9.17, 15) is 9.59 Å². The van der Waals surface area contributed by atoms with Gasteiger partial charge in [0.25, 0.3) is 5.56 Å². The number of hydrogen-bond acceptors (Lipinski definition) is 5. The van der Waals surface area contributed by atoms with Gasteiger partial charge in [-0.2, -0.15) is 0 Å². The Morgan fingerprint density at radius 2 is 1.43 bits per heavy atom. The van der Waals surface area contributed by atoms with Gasteiger partial charge in [0.15, 0.2) is 5.43 Å². The van der Waals surface area contributed by atoms with E-state index >= 15 is 0 Å². The average Bonchev–Trinajstić information content (AvgIpc) is 3.07. The standard InChI is InChI=1S/C36H26ClN5O2/c1-22(41-35-31-29(43)19-20-38-34(31)39-21-40-35)33-32(37)28-14-8-13-27(30(28)36(44)42(33)26-11-6-3-7-12-26)25-17-15-24(16-18-25)23-9-4-2-5-10-23/h2-22H,1H3,(H2,38,39,40,41,43)/t22-/m0/s1. The molecule has 0 aliphatic carbocycles. The number of para-hydroxylation sites is 1. The van der Waals surface area contributed by atoms with Crippen molar-refractivity contribution < 1.29 is 0 Å². The van der Waals surface area contributed by atoms with Crippen LogP contribution in [0.15, 0.2) is 131 Å². The monoisotopic (exact) mass is 595 g/mol. The van der Waals surface area contributed by atoms with Crippen LogP contribution in [0.4, 0.5) is 5.82 Å². The van der Waals surface area contributed by atoms with Crippen LogP contribution in [-0.2, 0) is 0 Å². The zero-order valence-electron chi connectivity index (χ0n) is 23.7. The smallest absolute Gasteiger partial charge is 0.263 e. The van der Waals surface area contributed by atoms with Crippen LogP contribution in [0.2, 0.25) is 5.02 Å². The molecule has 1 atom stereocenters. The second kappa shape index (κ2) is 11.3. The highest BCUT2D eigenvalue weighted by atomic mass is 35.5. The number of aromatic amines is 1. The number of nitrogens with zero attached hydrogens (tertiary/aromatic N) is 3. The van der Waals surface area contributed by atoms with Crippen LogP contribution in [0.3, 0.4) is 0 Å². The van der Waals surface area contributed by atoms with Crippen molar-refractivity contribution in [2.45, 2.75) is 13.0 Å². The molecule has 0 aliphatic heterocycles. The molecule has 0 radical (unpaired) electrons. The summed E-state index contributed by atoms with van der Waals surface area (Å²) in [6.07, 6.45) is 2.93. The van der Waals surface area contributed by atoms with Gasteiger partial charge in [-0.05, 0) is 41.3 Å². The molecule has 0 fully saturated rings. The molecule has 3 heterocycles. The summed E-state index contributed by atoms with van der Waals surface area (Å²) in [5.74, 6) is 0.347. The van der Waals surface area contributed by atoms with Crippen LogP contribution < -0.4 is 16.3 Å². The number of rotatable bonds is 6. The number of anilines is 1. The van der Waals surface area contributed by atoms with E-state index in [1.165, 1.54) is 12.4 Å². The van der Waals surface area contributed by atoms with Crippen molar-refractivity contribution in [1.82, 2.24) is 19.5 Å². The van der Waals surface area contributed by atoms with Crippen LogP contribution >= 0.6 is 11.6 Å². The predicted molar refractivity (Wildman–Crippen MR) is 178 cm³/mol. The van der Waals surface area contributed by atoms with Crippen molar-refractivity contribution >= 4 is 39.2 Å². The van der Waals surface area contributed by atoms with Crippen LogP contribution in [-0.4, -0.2) is 19.5 Å². The van der Waals surface area contributed by atoms with Crippen LogP contribution in [0.5, 0.6) is 0 Å². The largest absolute Gasteiger partial charge is 0.361 e. The Morgan fingerprint density at radius 1 is 0.750 bits per heavy atom. The van der Waals surface area contributed by atoms with Gasteiger partial charge in [-0.15, -0.1) is 0 Å². The van der Waals surface area contributed by atoms with E-state index in [0.717, 1.165) is 22.3 Å². The third-order valence-corrected chi connectivity index (χ3v) is 8.21. The summed E-state index contributed by atoms with van der Waals surface area (Å²) >= 11 is 7.24. The van der Waals surface area contributed by atoms with E-state index in [4.69, 9.17) is 11.6 Å². The summed E-state index contributed by atoms with van der Waals surface area (Å²) in [5.41, 5.74) is 5.12. The first kappa shape index (κ1) is 27.3. The van der Waals surface area contributed by atoms with Crippen molar-refractivity contribution in [3.8, 4) is 27.9 Å². The predicted octanol–water partition coefficient (Wildman–Crippen LogP) is 7.78. The lowest BCUT2D eigenvalue weighted by Crippen LogP contribution is -2.27. The van der Waals surface area contributed by atoms with Crippen LogP contribution in [0.25, 0.3) is 49.7 Å². The van der Waals surface area contributed by atoms with Gasteiger partial charge in [0.2, 0.25) is 0 Å². The molecule has 0 unspecified atom stereocenters. The average molecular weight is 596 g/mol. The van der Waals surface area contributed by atoms with E-state index < -0.39 is 6.04 Å². The van der Waals surface area contributed by atoms with E-state index in [-0.39, 0.29) is 11.0 Å². The molecule has 0 amide bonds. The molecule has 0 bridgehead atoms. The minimum Gasteiger partial charge on any atom is -0.361 e. The Morgan fingerprint density at radius 3 is 2.18 bits per heavy atom. The zero-order chi connectivity index (χ0) is 30.2. The fraction of sp³-hybridized carbons (Fsp3) is 0.0556. The lowest BCUT2D eigenvalue weighted by Gasteiger charge is -2.24. The fourth-order valence-corrected chi connectivity index (χ4v) is 6.15. The number of pyridine rings is 2. The number of halogens is 1. The Kier molecular flexibility index (Phi) is 7.00. The van der Waals surface area contributed by atoms with Gasteiger partial charge in [-0.25, -0.2) is 9.97 Å². The molecule has 44 heavy (non-hydrogen) atoms. The molecule has 7 rings (SSSR count). The highest BCUT2D eigenvalue weighted by Crippen LogP contribution is 2.37. The number of benzene rings is 4. The van der Waals surface area contributed by atoms with E-state index in [1.807, 2.05) is 85.8 Å². The van der Waals surface area contributed by atoms with E-state index in [1.54, 1.807) is 10.8 Å². The van der Waals surface area contributed by atoms with Gasteiger partial charge < -0.3 is 10.3 Å². The van der Waals surface area contributed by atoms with Crippen molar-refractivity contribution in [3.63, 3.8) is 0 Å². The maximum absolute atomic E-state index is 14.6. The minimum absolute atomic E-state index is 0.202. The van der Waals surface area contributed by atoms with Gasteiger partial charge in [0.1, 0.15) is 23.2 Å².